The predicted octanol–water partition coefficient (Wildman–Crippen LogP) is 3.11. The lowest BCUT2D eigenvalue weighted by atomic mass is 10.3. The summed E-state index contributed by atoms with van der Waals surface area (Å²) in [6.45, 7) is 3.94. The minimum absolute atomic E-state index is 0.287. The highest BCUT2D eigenvalue weighted by molar-refractivity contribution is 9.09. The van der Waals surface area contributed by atoms with E-state index in [9.17, 15) is 4.79 Å². The Morgan fingerprint density at radius 1 is 1.75 bits per heavy atom. The summed E-state index contributed by atoms with van der Waals surface area (Å²) in [6.07, 6.45) is 1.86. The Kier molecular flexibility index (Phi) is 3.40. The molecule has 0 spiro atoms. The Bertz CT molecular complexity index is 285. The summed E-state index contributed by atoms with van der Waals surface area (Å²) < 4.78 is 0. The van der Waals surface area contributed by atoms with Crippen LogP contribution in [0.2, 0.25) is 0 Å². The van der Waals surface area contributed by atoms with E-state index in [0.717, 1.165) is 28.3 Å². The summed E-state index contributed by atoms with van der Waals surface area (Å²) in [5, 5.41) is 0.997. The molecule has 0 aliphatic heterocycles. The molecule has 1 unspecified atom stereocenters. The maximum atomic E-state index is 10.5. The number of halogens is 1. The second-order valence-electron chi connectivity index (χ2n) is 2.50. The van der Waals surface area contributed by atoms with E-state index < -0.39 is 0 Å². The molecule has 0 aliphatic carbocycles. The van der Waals surface area contributed by atoms with Crippen LogP contribution in [0.15, 0.2) is 0 Å². The van der Waals surface area contributed by atoms with Crippen molar-refractivity contribution in [3.05, 3.63) is 15.6 Å². The molecule has 0 aliphatic rings. The largest absolute Gasteiger partial charge is 0.297 e. The van der Waals surface area contributed by atoms with E-state index in [4.69, 9.17) is 0 Å². The third kappa shape index (κ3) is 1.93. The highest BCUT2D eigenvalue weighted by atomic mass is 79.9. The number of thiazole rings is 1. The number of alkyl halides is 1. The minimum Gasteiger partial charge on any atom is -0.297 e. The summed E-state index contributed by atoms with van der Waals surface area (Å²) in [7, 11) is 0. The van der Waals surface area contributed by atoms with Gasteiger partial charge in [0, 0.05) is 0 Å². The van der Waals surface area contributed by atoms with Gasteiger partial charge in [-0.05, 0) is 13.3 Å². The van der Waals surface area contributed by atoms with Crippen LogP contribution in [0.3, 0.4) is 0 Å². The molecule has 1 heterocycles. The Morgan fingerprint density at radius 3 is 2.83 bits per heavy atom. The standard InChI is InChI=1S/C8H10BrNOS/c1-3-6(9)8-10-5(2)7(4-11)12-8/h4,6H,3H2,1-2H3. The molecule has 0 N–H and O–H groups in total. The molecule has 1 aromatic heterocycles. The maximum absolute atomic E-state index is 10.5. The van der Waals surface area contributed by atoms with Gasteiger partial charge in [0.1, 0.15) is 5.01 Å². The van der Waals surface area contributed by atoms with Crippen molar-refractivity contribution >= 4 is 33.6 Å². The van der Waals surface area contributed by atoms with Gasteiger partial charge < -0.3 is 0 Å². The fourth-order valence-electron chi connectivity index (χ4n) is 0.848. The van der Waals surface area contributed by atoms with E-state index in [2.05, 4.69) is 27.8 Å². The van der Waals surface area contributed by atoms with Crippen molar-refractivity contribution in [2.24, 2.45) is 0 Å². The topological polar surface area (TPSA) is 30.0 Å². The number of hydrogen-bond donors (Lipinski definition) is 0. The second kappa shape index (κ2) is 4.14. The molecule has 12 heavy (non-hydrogen) atoms. The molecule has 0 saturated carbocycles. The number of aryl methyl sites for hydroxylation is 1. The van der Waals surface area contributed by atoms with Crippen molar-refractivity contribution < 1.29 is 4.79 Å². The van der Waals surface area contributed by atoms with Crippen LogP contribution in [0.25, 0.3) is 0 Å². The monoisotopic (exact) mass is 247 g/mol. The van der Waals surface area contributed by atoms with Crippen molar-refractivity contribution in [1.29, 1.82) is 0 Å². The molecule has 4 heteroatoms. The van der Waals surface area contributed by atoms with Gasteiger partial charge in [-0.15, -0.1) is 11.3 Å². The van der Waals surface area contributed by atoms with Crippen molar-refractivity contribution in [3.63, 3.8) is 0 Å². The first kappa shape index (κ1) is 9.86. The first-order valence-corrected chi connectivity index (χ1v) is 5.48. The lowest BCUT2D eigenvalue weighted by Crippen LogP contribution is -1.85. The molecule has 0 saturated heterocycles. The summed E-state index contributed by atoms with van der Waals surface area (Å²) in [6, 6.07) is 0. The lowest BCUT2D eigenvalue weighted by molar-refractivity contribution is 0.112. The third-order valence-electron chi connectivity index (χ3n) is 1.58. The van der Waals surface area contributed by atoms with Gasteiger partial charge >= 0.3 is 0 Å². The highest BCUT2D eigenvalue weighted by Crippen LogP contribution is 2.30. The van der Waals surface area contributed by atoms with E-state index in [1.165, 1.54) is 11.3 Å². The van der Waals surface area contributed by atoms with Crippen molar-refractivity contribution in [3.8, 4) is 0 Å². The number of hydrogen-bond acceptors (Lipinski definition) is 3. The van der Waals surface area contributed by atoms with Crippen LogP contribution in [0.4, 0.5) is 0 Å². The molecule has 0 amide bonds. The van der Waals surface area contributed by atoms with Crippen LogP contribution in [-0.2, 0) is 0 Å². The van der Waals surface area contributed by atoms with Gasteiger partial charge in [-0.3, -0.25) is 4.79 Å². The van der Waals surface area contributed by atoms with Crippen LogP contribution >= 0.6 is 27.3 Å². The van der Waals surface area contributed by atoms with E-state index in [1.807, 2.05) is 6.92 Å². The van der Waals surface area contributed by atoms with E-state index in [-0.39, 0.29) is 4.83 Å². The smallest absolute Gasteiger partial charge is 0.161 e. The molecular formula is C8H10BrNOS. The molecule has 1 aromatic rings. The Balaban J connectivity index is 2.96. The number of carbonyl (C=O) groups excluding carboxylic acids is 1. The highest BCUT2D eigenvalue weighted by Gasteiger charge is 2.12. The number of aldehydes is 1. The quantitative estimate of drug-likeness (QED) is 0.607. The zero-order valence-electron chi connectivity index (χ0n) is 7.00. The van der Waals surface area contributed by atoms with Gasteiger partial charge in [0.15, 0.2) is 6.29 Å². The van der Waals surface area contributed by atoms with Crippen molar-refractivity contribution in [1.82, 2.24) is 4.98 Å². The van der Waals surface area contributed by atoms with Gasteiger partial charge in [0.2, 0.25) is 0 Å². The lowest BCUT2D eigenvalue weighted by Gasteiger charge is -1.98. The van der Waals surface area contributed by atoms with E-state index in [1.54, 1.807) is 0 Å². The molecule has 0 fully saturated rings. The van der Waals surface area contributed by atoms with Gasteiger partial charge in [0.05, 0.1) is 15.4 Å². The Morgan fingerprint density at radius 2 is 2.42 bits per heavy atom. The molecule has 66 valence electrons. The fourth-order valence-corrected chi connectivity index (χ4v) is 2.17. The van der Waals surface area contributed by atoms with Gasteiger partial charge in [0.25, 0.3) is 0 Å². The molecule has 1 atom stereocenters. The van der Waals surface area contributed by atoms with Crippen molar-refractivity contribution in [2.75, 3.05) is 0 Å². The number of carbonyl (C=O) groups is 1. The molecule has 0 bridgehead atoms. The number of nitrogens with zero attached hydrogens (tertiary/aromatic N) is 1. The fraction of sp³-hybridized carbons (Fsp3) is 0.500. The molecule has 0 aromatic carbocycles. The predicted molar refractivity (Wildman–Crippen MR) is 54.2 cm³/mol. The Hall–Kier alpha value is -0.220. The Labute approximate surface area is 84.1 Å². The number of rotatable bonds is 3. The van der Waals surface area contributed by atoms with E-state index >= 15 is 0 Å². The first-order valence-electron chi connectivity index (χ1n) is 3.75. The summed E-state index contributed by atoms with van der Waals surface area (Å²) in [4.78, 5) is 15.8. The number of aromatic nitrogens is 1. The SMILES string of the molecule is CCC(Br)c1nc(C)c(C=O)s1. The third-order valence-corrected chi connectivity index (χ3v) is 4.16. The zero-order chi connectivity index (χ0) is 9.14. The van der Waals surface area contributed by atoms with Crippen LogP contribution in [0.1, 0.15) is 38.5 Å². The molecular weight excluding hydrogens is 238 g/mol. The first-order chi connectivity index (χ1) is 5.69. The zero-order valence-corrected chi connectivity index (χ0v) is 9.41. The molecule has 2 nitrogen and oxygen atoms in total. The average Bonchev–Trinajstić information content (AvgIpc) is 2.45. The van der Waals surface area contributed by atoms with Gasteiger partial charge in [-0.2, -0.15) is 0 Å². The normalized spacial score (nSPS) is 12.9. The summed E-state index contributed by atoms with van der Waals surface area (Å²) >= 11 is 4.96. The minimum atomic E-state index is 0.287. The second-order valence-corrected chi connectivity index (χ2v) is 4.66. The van der Waals surface area contributed by atoms with Gasteiger partial charge in [-0.25, -0.2) is 4.98 Å². The summed E-state index contributed by atoms with van der Waals surface area (Å²) in [5.41, 5.74) is 0.836. The molecule has 0 radical (unpaired) electrons. The van der Waals surface area contributed by atoms with Gasteiger partial charge in [-0.1, -0.05) is 22.9 Å². The molecule has 1 rings (SSSR count). The van der Waals surface area contributed by atoms with Crippen LogP contribution < -0.4 is 0 Å². The van der Waals surface area contributed by atoms with Crippen LogP contribution in [-0.4, -0.2) is 11.3 Å². The summed E-state index contributed by atoms with van der Waals surface area (Å²) in [5.74, 6) is 0. The average molecular weight is 248 g/mol. The maximum Gasteiger partial charge on any atom is 0.161 e. The van der Waals surface area contributed by atoms with Crippen molar-refractivity contribution in [2.45, 2.75) is 25.1 Å². The van der Waals surface area contributed by atoms with E-state index in [0.29, 0.717) is 0 Å². The van der Waals surface area contributed by atoms with Crippen LogP contribution in [0, 0.1) is 6.92 Å². The van der Waals surface area contributed by atoms with Crippen LogP contribution in [0.5, 0.6) is 0 Å².